The zero-order valence-corrected chi connectivity index (χ0v) is 14.4. The van der Waals surface area contributed by atoms with Gasteiger partial charge in [0, 0.05) is 11.5 Å². The average molecular weight is 370 g/mol. The van der Waals surface area contributed by atoms with Gasteiger partial charge in [-0.3, -0.25) is 4.31 Å². The number of sulfonamides is 1. The van der Waals surface area contributed by atoms with E-state index in [9.17, 15) is 8.42 Å². The quantitative estimate of drug-likeness (QED) is 0.826. The Morgan fingerprint density at radius 2 is 1.71 bits per heavy atom. The maximum Gasteiger partial charge on any atom is 0.265 e. The standard InChI is InChI=1S/C15H16BrNO3S/c1-11-4-9-15(14(16)10-11)21(18,19)17(2)12-5-7-13(20-3)8-6-12/h4-10H,1-3H3. The second-order valence-electron chi connectivity index (χ2n) is 4.60. The monoisotopic (exact) mass is 369 g/mol. The predicted molar refractivity (Wildman–Crippen MR) is 87.5 cm³/mol. The zero-order chi connectivity index (χ0) is 15.6. The van der Waals surface area contributed by atoms with Crippen molar-refractivity contribution in [2.75, 3.05) is 18.5 Å². The highest BCUT2D eigenvalue weighted by molar-refractivity contribution is 9.10. The minimum absolute atomic E-state index is 0.242. The lowest BCUT2D eigenvalue weighted by molar-refractivity contribution is 0.415. The van der Waals surface area contributed by atoms with Gasteiger partial charge in [0.2, 0.25) is 0 Å². The number of nitrogens with zero attached hydrogens (tertiary/aromatic N) is 1. The Balaban J connectivity index is 2.42. The molecule has 0 bridgehead atoms. The molecule has 2 rings (SSSR count). The Labute approximate surface area is 133 Å². The molecule has 21 heavy (non-hydrogen) atoms. The molecule has 4 nitrogen and oxygen atoms in total. The molecular formula is C15H16BrNO3S. The van der Waals surface area contributed by atoms with E-state index in [-0.39, 0.29) is 4.90 Å². The first-order chi connectivity index (χ1) is 9.86. The molecule has 112 valence electrons. The Bertz CT molecular complexity index is 742. The van der Waals surface area contributed by atoms with Gasteiger partial charge in [-0.05, 0) is 64.8 Å². The summed E-state index contributed by atoms with van der Waals surface area (Å²) in [4.78, 5) is 0.242. The van der Waals surface area contributed by atoms with Crippen molar-refractivity contribution >= 4 is 31.6 Å². The zero-order valence-electron chi connectivity index (χ0n) is 12.0. The Morgan fingerprint density at radius 1 is 1.10 bits per heavy atom. The molecule has 0 unspecified atom stereocenters. The molecule has 0 fully saturated rings. The molecule has 0 amide bonds. The molecule has 0 heterocycles. The van der Waals surface area contributed by atoms with Crippen LogP contribution < -0.4 is 9.04 Å². The van der Waals surface area contributed by atoms with Crippen molar-refractivity contribution in [3.63, 3.8) is 0 Å². The molecule has 0 saturated carbocycles. The highest BCUT2D eigenvalue weighted by Gasteiger charge is 2.23. The molecular weight excluding hydrogens is 354 g/mol. The second-order valence-corrected chi connectivity index (χ2v) is 7.40. The van der Waals surface area contributed by atoms with E-state index in [0.29, 0.717) is 15.9 Å². The van der Waals surface area contributed by atoms with E-state index < -0.39 is 10.0 Å². The van der Waals surface area contributed by atoms with E-state index in [2.05, 4.69) is 15.9 Å². The van der Waals surface area contributed by atoms with Crippen LogP contribution in [0.15, 0.2) is 51.8 Å². The lowest BCUT2D eigenvalue weighted by atomic mass is 10.2. The van der Waals surface area contributed by atoms with Crippen LogP contribution in [0.1, 0.15) is 5.56 Å². The fourth-order valence-electron chi connectivity index (χ4n) is 1.89. The van der Waals surface area contributed by atoms with Crippen LogP contribution in [-0.2, 0) is 10.0 Å². The van der Waals surface area contributed by atoms with E-state index in [0.717, 1.165) is 5.56 Å². The van der Waals surface area contributed by atoms with E-state index in [1.807, 2.05) is 6.92 Å². The first-order valence-corrected chi connectivity index (χ1v) is 8.48. The Kier molecular flexibility index (Phi) is 4.58. The Hall–Kier alpha value is -1.53. The molecule has 0 aliphatic rings. The maximum absolute atomic E-state index is 12.7. The molecule has 0 aliphatic heterocycles. The number of rotatable bonds is 4. The number of anilines is 1. The number of hydrogen-bond donors (Lipinski definition) is 0. The lowest BCUT2D eigenvalue weighted by Gasteiger charge is -2.20. The normalized spacial score (nSPS) is 11.2. The molecule has 0 aromatic heterocycles. The van der Waals surface area contributed by atoms with Gasteiger partial charge in [0.05, 0.1) is 12.8 Å². The van der Waals surface area contributed by atoms with E-state index >= 15 is 0 Å². The summed E-state index contributed by atoms with van der Waals surface area (Å²) in [5.41, 5.74) is 1.57. The average Bonchev–Trinajstić information content (AvgIpc) is 2.46. The number of hydrogen-bond acceptors (Lipinski definition) is 3. The van der Waals surface area contributed by atoms with Crippen molar-refractivity contribution in [2.24, 2.45) is 0 Å². The SMILES string of the molecule is COc1ccc(N(C)S(=O)(=O)c2ccc(C)cc2Br)cc1. The van der Waals surface area contributed by atoms with Crippen LogP contribution in [0.3, 0.4) is 0 Å². The van der Waals surface area contributed by atoms with Gasteiger partial charge in [0.15, 0.2) is 0 Å². The highest BCUT2D eigenvalue weighted by atomic mass is 79.9. The first kappa shape index (κ1) is 15.9. The molecule has 2 aromatic carbocycles. The van der Waals surface area contributed by atoms with Gasteiger partial charge in [-0.15, -0.1) is 0 Å². The van der Waals surface area contributed by atoms with Crippen LogP contribution in [0.2, 0.25) is 0 Å². The first-order valence-electron chi connectivity index (χ1n) is 6.25. The number of aryl methyl sites for hydroxylation is 1. The van der Waals surface area contributed by atoms with Crippen molar-refractivity contribution < 1.29 is 13.2 Å². The fraction of sp³-hybridized carbons (Fsp3) is 0.200. The van der Waals surface area contributed by atoms with Gasteiger partial charge in [-0.2, -0.15) is 0 Å². The maximum atomic E-state index is 12.7. The van der Waals surface area contributed by atoms with Crippen LogP contribution in [0.5, 0.6) is 5.75 Å². The number of benzene rings is 2. The molecule has 2 aromatic rings. The molecule has 0 saturated heterocycles. The minimum Gasteiger partial charge on any atom is -0.497 e. The van der Waals surface area contributed by atoms with Crippen molar-refractivity contribution in [1.29, 1.82) is 0 Å². The summed E-state index contributed by atoms with van der Waals surface area (Å²) in [5, 5.41) is 0. The van der Waals surface area contributed by atoms with Gasteiger partial charge < -0.3 is 4.74 Å². The summed E-state index contributed by atoms with van der Waals surface area (Å²) in [6.07, 6.45) is 0. The highest BCUT2D eigenvalue weighted by Crippen LogP contribution is 2.29. The van der Waals surface area contributed by atoms with Crippen molar-refractivity contribution in [3.8, 4) is 5.75 Å². The summed E-state index contributed by atoms with van der Waals surface area (Å²) in [6, 6.07) is 12.0. The van der Waals surface area contributed by atoms with Crippen LogP contribution in [0.4, 0.5) is 5.69 Å². The summed E-state index contributed by atoms with van der Waals surface area (Å²) in [5.74, 6) is 0.682. The lowest BCUT2D eigenvalue weighted by Crippen LogP contribution is -2.26. The second kappa shape index (κ2) is 6.07. The third-order valence-corrected chi connectivity index (χ3v) is 5.92. The van der Waals surface area contributed by atoms with E-state index in [1.54, 1.807) is 49.6 Å². The van der Waals surface area contributed by atoms with Gasteiger partial charge in [-0.1, -0.05) is 6.07 Å². The van der Waals surface area contributed by atoms with Crippen LogP contribution in [-0.4, -0.2) is 22.6 Å². The van der Waals surface area contributed by atoms with E-state index in [4.69, 9.17) is 4.74 Å². The largest absolute Gasteiger partial charge is 0.497 e. The summed E-state index contributed by atoms with van der Waals surface area (Å²) in [7, 11) is -0.514. The van der Waals surface area contributed by atoms with Crippen LogP contribution in [0.25, 0.3) is 0 Å². The fourth-order valence-corrected chi connectivity index (χ4v) is 4.24. The van der Waals surface area contributed by atoms with Gasteiger partial charge in [-0.25, -0.2) is 8.42 Å². The van der Waals surface area contributed by atoms with Crippen LogP contribution in [0, 0.1) is 6.92 Å². The molecule has 0 radical (unpaired) electrons. The van der Waals surface area contributed by atoms with Gasteiger partial charge in [0.25, 0.3) is 10.0 Å². The number of halogens is 1. The smallest absolute Gasteiger partial charge is 0.265 e. The third kappa shape index (κ3) is 3.22. The molecule has 0 aliphatic carbocycles. The minimum atomic E-state index is -3.61. The summed E-state index contributed by atoms with van der Waals surface area (Å²) in [6.45, 7) is 1.91. The summed E-state index contributed by atoms with van der Waals surface area (Å²) >= 11 is 3.32. The molecule has 6 heteroatoms. The van der Waals surface area contributed by atoms with Gasteiger partial charge >= 0.3 is 0 Å². The predicted octanol–water partition coefficient (Wildman–Crippen LogP) is 3.59. The van der Waals surface area contributed by atoms with Crippen molar-refractivity contribution in [3.05, 3.63) is 52.5 Å². The number of ether oxygens (including phenoxy) is 1. The molecule has 0 atom stereocenters. The summed E-state index contributed by atoms with van der Waals surface area (Å²) < 4.78 is 32.3. The third-order valence-electron chi connectivity index (χ3n) is 3.16. The van der Waals surface area contributed by atoms with Crippen molar-refractivity contribution in [1.82, 2.24) is 0 Å². The molecule has 0 spiro atoms. The van der Waals surface area contributed by atoms with E-state index in [1.165, 1.54) is 11.4 Å². The van der Waals surface area contributed by atoms with Crippen LogP contribution >= 0.6 is 15.9 Å². The van der Waals surface area contributed by atoms with Crippen molar-refractivity contribution in [2.45, 2.75) is 11.8 Å². The topological polar surface area (TPSA) is 46.6 Å². The molecule has 0 N–H and O–H groups in total. The Morgan fingerprint density at radius 3 is 2.24 bits per heavy atom. The number of methoxy groups -OCH3 is 1. The van der Waals surface area contributed by atoms with Gasteiger partial charge in [0.1, 0.15) is 10.6 Å².